The monoisotopic (exact) mass is 358 g/mol. The molecule has 0 aliphatic rings. The van der Waals surface area contributed by atoms with Crippen molar-refractivity contribution in [2.45, 2.75) is 11.9 Å². The minimum Gasteiger partial charge on any atom is -0.321 e. The van der Waals surface area contributed by atoms with Crippen LogP contribution in [-0.2, 0) is 9.84 Å². The molecule has 0 atom stereocenters. The third-order valence-electron chi connectivity index (χ3n) is 3.57. The third-order valence-corrected chi connectivity index (χ3v) is 4.55. The lowest BCUT2D eigenvalue weighted by molar-refractivity contribution is 0.486. The summed E-state index contributed by atoms with van der Waals surface area (Å²) >= 11 is 0. The predicted molar refractivity (Wildman–Crippen MR) is 94.9 cm³/mol. The molecule has 2 N–H and O–H groups in total. The molecule has 0 aliphatic heterocycles. The van der Waals surface area contributed by atoms with E-state index in [9.17, 15) is 8.42 Å². The molecule has 0 fully saturated rings. The van der Waals surface area contributed by atoms with Gasteiger partial charge in [0, 0.05) is 43.7 Å². The van der Waals surface area contributed by atoms with E-state index in [0.29, 0.717) is 11.3 Å². The van der Waals surface area contributed by atoms with Crippen LogP contribution in [0.2, 0.25) is 0 Å². The number of imidazole rings is 1. The summed E-state index contributed by atoms with van der Waals surface area (Å²) < 4.78 is 26.1. The maximum Gasteiger partial charge on any atom is 0.199 e. The van der Waals surface area contributed by atoms with E-state index in [4.69, 9.17) is 5.84 Å². The molecule has 3 rings (SSSR count). The summed E-state index contributed by atoms with van der Waals surface area (Å²) in [4.78, 5) is 12.6. The van der Waals surface area contributed by atoms with Gasteiger partial charge < -0.3 is 5.01 Å². The van der Waals surface area contributed by atoms with Crippen molar-refractivity contribution in [1.29, 1.82) is 0 Å². The standard InChI is InChI=1S/C16H18N6O2S/c1-11(9-21(2)17)14-8-19-15-16(25(3,23)24)20-13(10-22(14)15)12-5-4-6-18-7-12/h4-10H,17H2,1-3H3/b11-9+. The Bertz CT molecular complexity index is 1050. The lowest BCUT2D eigenvalue weighted by Crippen LogP contribution is -2.19. The van der Waals surface area contributed by atoms with Gasteiger partial charge >= 0.3 is 0 Å². The highest BCUT2D eigenvalue weighted by atomic mass is 32.2. The minimum atomic E-state index is -3.56. The molecule has 3 aromatic heterocycles. The van der Waals surface area contributed by atoms with E-state index in [-0.39, 0.29) is 10.7 Å². The quantitative estimate of drug-likeness (QED) is 0.554. The van der Waals surface area contributed by atoms with E-state index in [0.717, 1.165) is 17.5 Å². The zero-order valence-electron chi connectivity index (χ0n) is 14.1. The molecule has 0 saturated carbocycles. The van der Waals surface area contributed by atoms with Gasteiger partial charge in [0.1, 0.15) is 0 Å². The first-order valence-electron chi connectivity index (χ1n) is 7.42. The van der Waals surface area contributed by atoms with Gasteiger partial charge in [0.15, 0.2) is 20.5 Å². The smallest absolute Gasteiger partial charge is 0.199 e. The van der Waals surface area contributed by atoms with Crippen molar-refractivity contribution in [2.75, 3.05) is 13.3 Å². The molecule has 3 heterocycles. The molecule has 9 heteroatoms. The van der Waals surface area contributed by atoms with Crippen molar-refractivity contribution >= 4 is 21.1 Å². The van der Waals surface area contributed by atoms with Gasteiger partial charge in [0.05, 0.1) is 17.6 Å². The number of pyridine rings is 1. The van der Waals surface area contributed by atoms with Crippen LogP contribution in [0.1, 0.15) is 12.6 Å². The van der Waals surface area contributed by atoms with Crippen LogP contribution in [0.3, 0.4) is 0 Å². The second-order valence-electron chi connectivity index (χ2n) is 5.76. The number of nitrogens with two attached hydrogens (primary N) is 1. The highest BCUT2D eigenvalue weighted by Gasteiger charge is 2.20. The van der Waals surface area contributed by atoms with Crippen molar-refractivity contribution in [2.24, 2.45) is 5.84 Å². The van der Waals surface area contributed by atoms with Crippen molar-refractivity contribution in [1.82, 2.24) is 24.4 Å². The van der Waals surface area contributed by atoms with E-state index in [1.54, 1.807) is 48.5 Å². The van der Waals surface area contributed by atoms with Gasteiger partial charge in [-0.2, -0.15) is 0 Å². The Labute approximate surface area is 145 Å². The lowest BCUT2D eigenvalue weighted by atomic mass is 10.2. The van der Waals surface area contributed by atoms with E-state index in [1.165, 1.54) is 5.01 Å². The van der Waals surface area contributed by atoms with E-state index in [2.05, 4.69) is 15.0 Å². The van der Waals surface area contributed by atoms with Gasteiger partial charge in [-0.1, -0.05) is 0 Å². The molecule has 0 radical (unpaired) electrons. The van der Waals surface area contributed by atoms with E-state index >= 15 is 0 Å². The predicted octanol–water partition coefficient (Wildman–Crippen LogP) is 1.36. The Hall–Kier alpha value is -2.78. The summed E-state index contributed by atoms with van der Waals surface area (Å²) in [6.45, 7) is 1.87. The largest absolute Gasteiger partial charge is 0.321 e. The zero-order chi connectivity index (χ0) is 18.2. The molecule has 0 spiro atoms. The second-order valence-corrected chi connectivity index (χ2v) is 7.69. The van der Waals surface area contributed by atoms with Gasteiger partial charge in [-0.15, -0.1) is 0 Å². The SMILES string of the molecule is C/C(=C\N(C)N)c1cnc2c(S(C)(=O)=O)nc(-c3cccnc3)cn12. The van der Waals surface area contributed by atoms with Gasteiger partial charge in [-0.3, -0.25) is 9.38 Å². The van der Waals surface area contributed by atoms with Crippen LogP contribution in [-0.4, -0.2) is 46.1 Å². The van der Waals surface area contributed by atoms with Crippen LogP contribution in [0.15, 0.2) is 48.1 Å². The molecule has 130 valence electrons. The van der Waals surface area contributed by atoms with E-state index in [1.807, 2.05) is 13.0 Å². The number of rotatable bonds is 4. The summed E-state index contributed by atoms with van der Waals surface area (Å²) in [5.74, 6) is 5.67. The Kier molecular flexibility index (Phi) is 4.27. The van der Waals surface area contributed by atoms with Gasteiger partial charge in [0.2, 0.25) is 0 Å². The molecule has 0 amide bonds. The van der Waals surface area contributed by atoms with Crippen LogP contribution in [0.25, 0.3) is 22.5 Å². The van der Waals surface area contributed by atoms with Gasteiger partial charge in [0.25, 0.3) is 0 Å². The van der Waals surface area contributed by atoms with Crippen molar-refractivity contribution in [3.63, 3.8) is 0 Å². The van der Waals surface area contributed by atoms with E-state index < -0.39 is 9.84 Å². The number of nitrogens with zero attached hydrogens (tertiary/aromatic N) is 5. The normalized spacial score (nSPS) is 12.6. The second kappa shape index (κ2) is 6.26. The minimum absolute atomic E-state index is 0.0750. The summed E-state index contributed by atoms with van der Waals surface area (Å²) in [6, 6.07) is 3.59. The fourth-order valence-corrected chi connectivity index (χ4v) is 3.27. The summed E-state index contributed by atoms with van der Waals surface area (Å²) in [6.07, 6.45) is 9.48. The molecule has 0 aromatic carbocycles. The summed E-state index contributed by atoms with van der Waals surface area (Å²) in [5.41, 5.74) is 3.04. The molecule has 8 nitrogen and oxygen atoms in total. The highest BCUT2D eigenvalue weighted by molar-refractivity contribution is 7.90. The Morgan fingerprint density at radius 1 is 1.36 bits per heavy atom. The molecule has 3 aromatic rings. The Morgan fingerprint density at radius 2 is 2.12 bits per heavy atom. The summed E-state index contributed by atoms with van der Waals surface area (Å²) in [7, 11) is -1.86. The fraction of sp³-hybridized carbons (Fsp3) is 0.188. The highest BCUT2D eigenvalue weighted by Crippen LogP contribution is 2.25. The Balaban J connectivity index is 2.34. The zero-order valence-corrected chi connectivity index (χ0v) is 14.9. The number of hydrogen-bond donors (Lipinski definition) is 1. The molecular formula is C16H18N6O2S. The first-order valence-corrected chi connectivity index (χ1v) is 9.31. The molecule has 0 bridgehead atoms. The van der Waals surface area contributed by atoms with Crippen molar-refractivity contribution in [3.8, 4) is 11.3 Å². The lowest BCUT2D eigenvalue weighted by Gasteiger charge is -2.10. The molecule has 0 unspecified atom stereocenters. The average Bonchev–Trinajstić information content (AvgIpc) is 2.97. The number of hydrogen-bond acceptors (Lipinski definition) is 7. The number of aromatic nitrogens is 4. The Morgan fingerprint density at radius 3 is 2.72 bits per heavy atom. The van der Waals surface area contributed by atoms with Crippen molar-refractivity contribution < 1.29 is 8.42 Å². The summed E-state index contributed by atoms with van der Waals surface area (Å²) in [5, 5.41) is 1.35. The van der Waals surface area contributed by atoms with Crippen LogP contribution >= 0.6 is 0 Å². The molecule has 0 aliphatic carbocycles. The number of hydrazine groups is 1. The first-order chi connectivity index (χ1) is 11.8. The molecule has 0 saturated heterocycles. The average molecular weight is 358 g/mol. The van der Waals surface area contributed by atoms with Crippen LogP contribution in [0.4, 0.5) is 0 Å². The molecule has 25 heavy (non-hydrogen) atoms. The van der Waals surface area contributed by atoms with Crippen LogP contribution in [0, 0.1) is 0 Å². The first kappa shape index (κ1) is 17.1. The van der Waals surface area contributed by atoms with Gasteiger partial charge in [-0.05, 0) is 24.6 Å². The van der Waals surface area contributed by atoms with Gasteiger partial charge in [-0.25, -0.2) is 24.2 Å². The van der Waals surface area contributed by atoms with Crippen LogP contribution in [0.5, 0.6) is 0 Å². The number of fused-ring (bicyclic) bond motifs is 1. The number of sulfone groups is 1. The van der Waals surface area contributed by atoms with Crippen LogP contribution < -0.4 is 5.84 Å². The number of allylic oxidation sites excluding steroid dienone is 1. The van der Waals surface area contributed by atoms with Crippen molar-refractivity contribution in [3.05, 3.63) is 48.8 Å². The topological polar surface area (TPSA) is 106 Å². The fourth-order valence-electron chi connectivity index (χ4n) is 2.53. The maximum absolute atomic E-state index is 12.2. The third kappa shape index (κ3) is 3.37. The maximum atomic E-state index is 12.2. The molecular weight excluding hydrogens is 340 g/mol.